The van der Waals surface area contributed by atoms with Crippen LogP contribution in [0.1, 0.15) is 12.8 Å². The monoisotopic (exact) mass is 269 g/mol. The smallest absolute Gasteiger partial charge is 0.144 e. The van der Waals surface area contributed by atoms with Crippen molar-refractivity contribution in [1.29, 1.82) is 0 Å². The van der Waals surface area contributed by atoms with Gasteiger partial charge in [-0.15, -0.1) is 0 Å². The largest absolute Gasteiger partial charge is 0.384 e. The van der Waals surface area contributed by atoms with Gasteiger partial charge < -0.3 is 15.4 Å². The van der Waals surface area contributed by atoms with E-state index < -0.39 is 0 Å². The van der Waals surface area contributed by atoms with Crippen LogP contribution in [0.25, 0.3) is 0 Å². The first-order valence-corrected chi connectivity index (χ1v) is 6.68. The van der Waals surface area contributed by atoms with Crippen molar-refractivity contribution in [2.45, 2.75) is 12.8 Å². The summed E-state index contributed by atoms with van der Waals surface area (Å²) < 4.78 is 5.38. The summed E-state index contributed by atoms with van der Waals surface area (Å²) in [7, 11) is 1.76. The van der Waals surface area contributed by atoms with Gasteiger partial charge in [-0.3, -0.25) is 0 Å². The highest BCUT2D eigenvalue weighted by molar-refractivity contribution is 6.32. The Morgan fingerprint density at radius 1 is 1.50 bits per heavy atom. The first-order valence-electron chi connectivity index (χ1n) is 6.30. The molecule has 0 aliphatic carbocycles. The number of nitrogens with zero attached hydrogens (tertiary/aromatic N) is 1. The van der Waals surface area contributed by atoms with Crippen LogP contribution in [0, 0.1) is 5.41 Å². The zero-order chi connectivity index (χ0) is 12.8. The van der Waals surface area contributed by atoms with Crippen LogP contribution in [0.3, 0.4) is 0 Å². The first-order chi connectivity index (χ1) is 8.76. The molecule has 0 amide bonds. The average molecular weight is 270 g/mol. The fraction of sp³-hybridized carbons (Fsp3) is 0.615. The second-order valence-electron chi connectivity index (χ2n) is 4.87. The van der Waals surface area contributed by atoms with Gasteiger partial charge in [0.25, 0.3) is 0 Å². The molecule has 1 aromatic rings. The molecule has 0 atom stereocenters. The van der Waals surface area contributed by atoms with Crippen LogP contribution in [-0.2, 0) is 4.74 Å². The number of hydrogen-bond acceptors (Lipinski definition) is 4. The Bertz CT molecular complexity index is 375. The maximum absolute atomic E-state index is 6.10. The molecule has 0 spiro atoms. The normalized spacial score (nSPS) is 18.6. The number of halogens is 1. The molecule has 0 radical (unpaired) electrons. The molecule has 1 saturated heterocycles. The minimum atomic E-state index is 0.181. The molecule has 0 bridgehead atoms. The van der Waals surface area contributed by atoms with Gasteiger partial charge in [-0.25, -0.2) is 4.98 Å². The van der Waals surface area contributed by atoms with E-state index in [1.807, 2.05) is 12.1 Å². The maximum Gasteiger partial charge on any atom is 0.144 e. The van der Waals surface area contributed by atoms with E-state index in [1.54, 1.807) is 13.3 Å². The number of piperidine rings is 1. The SMILES string of the molecule is COCC1(CNc2ncccc2Cl)CCNCC1. The van der Waals surface area contributed by atoms with Crippen molar-refractivity contribution in [3.8, 4) is 0 Å². The lowest BCUT2D eigenvalue weighted by Gasteiger charge is -2.37. The van der Waals surface area contributed by atoms with Gasteiger partial charge in [-0.05, 0) is 38.1 Å². The summed E-state index contributed by atoms with van der Waals surface area (Å²) >= 11 is 6.10. The molecule has 0 unspecified atom stereocenters. The number of hydrogen-bond donors (Lipinski definition) is 2. The van der Waals surface area contributed by atoms with Gasteiger partial charge in [0.1, 0.15) is 5.82 Å². The highest BCUT2D eigenvalue weighted by atomic mass is 35.5. The molecule has 1 aliphatic rings. The average Bonchev–Trinajstić information content (AvgIpc) is 2.39. The third-order valence-corrected chi connectivity index (χ3v) is 3.81. The van der Waals surface area contributed by atoms with E-state index >= 15 is 0 Å². The molecule has 18 heavy (non-hydrogen) atoms. The van der Waals surface area contributed by atoms with Gasteiger partial charge in [0.15, 0.2) is 0 Å². The van der Waals surface area contributed by atoms with Crippen molar-refractivity contribution in [2.75, 3.05) is 38.7 Å². The minimum Gasteiger partial charge on any atom is -0.384 e. The molecule has 5 heteroatoms. The molecular formula is C13H20ClN3O. The molecule has 2 N–H and O–H groups in total. The summed E-state index contributed by atoms with van der Waals surface area (Å²) in [5.41, 5.74) is 0.181. The lowest BCUT2D eigenvalue weighted by Crippen LogP contribution is -2.44. The van der Waals surface area contributed by atoms with E-state index in [4.69, 9.17) is 16.3 Å². The fourth-order valence-corrected chi connectivity index (χ4v) is 2.61. The summed E-state index contributed by atoms with van der Waals surface area (Å²) in [6.45, 7) is 3.70. The fourth-order valence-electron chi connectivity index (χ4n) is 2.42. The van der Waals surface area contributed by atoms with Crippen molar-refractivity contribution >= 4 is 17.4 Å². The van der Waals surface area contributed by atoms with Gasteiger partial charge >= 0.3 is 0 Å². The second kappa shape index (κ2) is 6.36. The Morgan fingerprint density at radius 2 is 2.28 bits per heavy atom. The van der Waals surface area contributed by atoms with Crippen LogP contribution in [-0.4, -0.2) is 38.3 Å². The lowest BCUT2D eigenvalue weighted by molar-refractivity contribution is 0.0635. The molecule has 100 valence electrons. The quantitative estimate of drug-likeness (QED) is 0.860. The van der Waals surface area contributed by atoms with Crippen molar-refractivity contribution < 1.29 is 4.74 Å². The molecule has 2 heterocycles. The van der Waals surface area contributed by atoms with Crippen molar-refractivity contribution in [2.24, 2.45) is 5.41 Å². The van der Waals surface area contributed by atoms with E-state index in [9.17, 15) is 0 Å². The van der Waals surface area contributed by atoms with Crippen LogP contribution < -0.4 is 10.6 Å². The van der Waals surface area contributed by atoms with E-state index in [0.29, 0.717) is 5.02 Å². The third kappa shape index (κ3) is 3.34. The Morgan fingerprint density at radius 3 is 2.94 bits per heavy atom. The van der Waals surface area contributed by atoms with Crippen molar-refractivity contribution in [3.05, 3.63) is 23.4 Å². The summed E-state index contributed by atoms with van der Waals surface area (Å²) in [6.07, 6.45) is 3.97. The number of ether oxygens (including phenoxy) is 1. The number of rotatable bonds is 5. The molecule has 1 aromatic heterocycles. The van der Waals surface area contributed by atoms with Gasteiger partial charge in [-0.1, -0.05) is 11.6 Å². The number of methoxy groups -OCH3 is 1. The van der Waals surface area contributed by atoms with Crippen LogP contribution >= 0.6 is 11.6 Å². The molecule has 0 aromatic carbocycles. The lowest BCUT2D eigenvalue weighted by atomic mass is 9.79. The molecule has 1 fully saturated rings. The summed E-state index contributed by atoms with van der Waals surface area (Å²) in [6, 6.07) is 3.69. The Balaban J connectivity index is 1.99. The van der Waals surface area contributed by atoms with Gasteiger partial charge in [0.05, 0.1) is 11.6 Å². The standard InChI is InChI=1S/C13H20ClN3O/c1-18-10-13(4-7-15-8-5-13)9-17-12-11(14)3-2-6-16-12/h2-3,6,15H,4-5,7-10H2,1H3,(H,16,17). The summed E-state index contributed by atoms with van der Waals surface area (Å²) in [5, 5.41) is 7.41. The van der Waals surface area contributed by atoms with Crippen molar-refractivity contribution in [3.63, 3.8) is 0 Å². The molecule has 1 aliphatic heterocycles. The van der Waals surface area contributed by atoms with E-state index in [2.05, 4.69) is 15.6 Å². The summed E-state index contributed by atoms with van der Waals surface area (Å²) in [4.78, 5) is 4.25. The van der Waals surface area contributed by atoms with Crippen LogP contribution in [0.4, 0.5) is 5.82 Å². The number of anilines is 1. The van der Waals surface area contributed by atoms with Gasteiger partial charge in [0, 0.05) is 25.3 Å². The Kier molecular flexibility index (Phi) is 4.80. The predicted octanol–water partition coefficient (Wildman–Crippen LogP) is 2.16. The van der Waals surface area contributed by atoms with Crippen molar-refractivity contribution in [1.82, 2.24) is 10.3 Å². The Hall–Kier alpha value is -0.840. The van der Waals surface area contributed by atoms with E-state index in [0.717, 1.165) is 44.9 Å². The number of nitrogens with one attached hydrogen (secondary N) is 2. The maximum atomic E-state index is 6.10. The zero-order valence-corrected chi connectivity index (χ0v) is 11.5. The van der Waals surface area contributed by atoms with Crippen LogP contribution in [0.2, 0.25) is 5.02 Å². The van der Waals surface area contributed by atoms with E-state index in [1.165, 1.54) is 0 Å². The molecular weight excluding hydrogens is 250 g/mol. The second-order valence-corrected chi connectivity index (χ2v) is 5.28. The minimum absolute atomic E-state index is 0.181. The number of aromatic nitrogens is 1. The molecule has 4 nitrogen and oxygen atoms in total. The van der Waals surface area contributed by atoms with Gasteiger partial charge in [-0.2, -0.15) is 0 Å². The van der Waals surface area contributed by atoms with Crippen LogP contribution in [0.15, 0.2) is 18.3 Å². The third-order valence-electron chi connectivity index (χ3n) is 3.50. The van der Waals surface area contributed by atoms with Gasteiger partial charge in [0.2, 0.25) is 0 Å². The highest BCUT2D eigenvalue weighted by Crippen LogP contribution is 2.30. The predicted molar refractivity (Wildman–Crippen MR) is 74.1 cm³/mol. The molecule has 2 rings (SSSR count). The zero-order valence-electron chi connectivity index (χ0n) is 10.7. The Labute approximate surface area is 113 Å². The first kappa shape index (κ1) is 13.6. The summed E-state index contributed by atoms with van der Waals surface area (Å²) in [5.74, 6) is 0.758. The number of pyridine rings is 1. The van der Waals surface area contributed by atoms with E-state index in [-0.39, 0.29) is 5.41 Å². The topological polar surface area (TPSA) is 46.2 Å². The van der Waals surface area contributed by atoms with Crippen LogP contribution in [0.5, 0.6) is 0 Å². The highest BCUT2D eigenvalue weighted by Gasteiger charge is 2.32. The molecule has 0 saturated carbocycles.